The first kappa shape index (κ1) is 20.3. The first-order chi connectivity index (χ1) is 15.7. The number of carbonyl (C=O) groups is 1. The van der Waals surface area contributed by atoms with Crippen molar-refractivity contribution in [1.82, 2.24) is 4.57 Å². The number of benzene rings is 4. The second-order valence-corrected chi connectivity index (χ2v) is 8.51. The molecule has 0 saturated heterocycles. The number of unbranched alkanes of at least 4 members (excludes halogenated alkanes) is 2. The molecular formula is C29H27N2O. The van der Waals surface area contributed by atoms with Gasteiger partial charge in [-0.05, 0) is 59.0 Å². The number of fused-ring (bicyclic) bond motifs is 4. The Morgan fingerprint density at radius 1 is 0.969 bits per heavy atom. The molecule has 0 atom stereocenters. The Morgan fingerprint density at radius 3 is 2.62 bits per heavy atom. The minimum absolute atomic E-state index is 0.403. The van der Waals surface area contributed by atoms with Crippen LogP contribution in [0.1, 0.15) is 47.7 Å². The first-order valence-electron chi connectivity index (χ1n) is 11.4. The summed E-state index contributed by atoms with van der Waals surface area (Å²) in [4.78, 5) is 12.2. The summed E-state index contributed by atoms with van der Waals surface area (Å²) in [5.74, 6) is -0.403. The fourth-order valence-electron chi connectivity index (χ4n) is 4.80. The molecule has 3 nitrogen and oxygen atoms in total. The van der Waals surface area contributed by atoms with Crippen molar-refractivity contribution in [3.63, 3.8) is 0 Å². The van der Waals surface area contributed by atoms with Gasteiger partial charge in [0.2, 0.25) is 5.91 Å². The van der Waals surface area contributed by atoms with Crippen molar-refractivity contribution in [2.24, 2.45) is 5.73 Å². The number of rotatable bonds is 7. The van der Waals surface area contributed by atoms with E-state index in [1.165, 1.54) is 41.2 Å². The van der Waals surface area contributed by atoms with Crippen LogP contribution in [0.4, 0.5) is 0 Å². The van der Waals surface area contributed by atoms with Gasteiger partial charge in [0.1, 0.15) is 0 Å². The molecule has 1 heterocycles. The van der Waals surface area contributed by atoms with Crippen molar-refractivity contribution < 1.29 is 4.79 Å². The van der Waals surface area contributed by atoms with Gasteiger partial charge in [-0.25, -0.2) is 0 Å². The predicted molar refractivity (Wildman–Crippen MR) is 133 cm³/mol. The van der Waals surface area contributed by atoms with E-state index in [2.05, 4.69) is 78.2 Å². The van der Waals surface area contributed by atoms with E-state index in [9.17, 15) is 4.79 Å². The molecule has 0 aliphatic heterocycles. The fourth-order valence-corrected chi connectivity index (χ4v) is 4.80. The summed E-state index contributed by atoms with van der Waals surface area (Å²) in [5.41, 5.74) is 11.0. The minimum Gasteiger partial charge on any atom is -0.366 e. The summed E-state index contributed by atoms with van der Waals surface area (Å²) in [6.07, 6.45) is 4.64. The summed E-state index contributed by atoms with van der Waals surface area (Å²) in [5, 5.41) is 4.35. The molecule has 1 radical (unpaired) electrons. The topological polar surface area (TPSA) is 48.0 Å². The smallest absolute Gasteiger partial charge is 0.249 e. The van der Waals surface area contributed by atoms with Crippen molar-refractivity contribution in [2.45, 2.75) is 39.2 Å². The predicted octanol–water partition coefficient (Wildman–Crippen LogP) is 6.63. The highest BCUT2D eigenvalue weighted by Crippen LogP contribution is 2.33. The van der Waals surface area contributed by atoms with E-state index < -0.39 is 5.91 Å². The SMILES string of the molecule is CCCCCc1c[c]c2c3c(C(N)=O)cccc3n(Cc3cccc4ccccc34)c2c1. The minimum atomic E-state index is -0.403. The average molecular weight is 420 g/mol. The van der Waals surface area contributed by atoms with E-state index in [4.69, 9.17) is 5.73 Å². The maximum Gasteiger partial charge on any atom is 0.249 e. The highest BCUT2D eigenvalue weighted by molar-refractivity contribution is 6.17. The van der Waals surface area contributed by atoms with Crippen molar-refractivity contribution >= 4 is 38.5 Å². The van der Waals surface area contributed by atoms with Gasteiger partial charge < -0.3 is 10.3 Å². The summed E-state index contributed by atoms with van der Waals surface area (Å²) >= 11 is 0. The van der Waals surface area contributed by atoms with E-state index in [-0.39, 0.29) is 0 Å². The molecule has 0 aliphatic rings. The van der Waals surface area contributed by atoms with Crippen LogP contribution in [0.2, 0.25) is 0 Å². The monoisotopic (exact) mass is 419 g/mol. The molecule has 159 valence electrons. The van der Waals surface area contributed by atoms with Gasteiger partial charge in [-0.15, -0.1) is 0 Å². The number of nitrogens with zero attached hydrogens (tertiary/aromatic N) is 1. The van der Waals surface area contributed by atoms with Crippen LogP contribution >= 0.6 is 0 Å². The molecule has 5 rings (SSSR count). The third-order valence-corrected chi connectivity index (χ3v) is 6.40. The van der Waals surface area contributed by atoms with Gasteiger partial charge in [0, 0.05) is 22.9 Å². The Morgan fingerprint density at radius 2 is 1.78 bits per heavy atom. The zero-order valence-electron chi connectivity index (χ0n) is 18.4. The van der Waals surface area contributed by atoms with Crippen molar-refractivity contribution in [3.8, 4) is 0 Å². The third-order valence-electron chi connectivity index (χ3n) is 6.40. The molecule has 3 heteroatoms. The summed E-state index contributed by atoms with van der Waals surface area (Å²) in [7, 11) is 0. The molecule has 5 aromatic rings. The lowest BCUT2D eigenvalue weighted by Gasteiger charge is -2.11. The molecule has 0 bridgehead atoms. The molecular weight excluding hydrogens is 392 g/mol. The van der Waals surface area contributed by atoms with Crippen LogP contribution in [-0.4, -0.2) is 10.5 Å². The quantitative estimate of drug-likeness (QED) is 0.296. The van der Waals surface area contributed by atoms with E-state index in [1.54, 1.807) is 0 Å². The maximum absolute atomic E-state index is 12.2. The maximum atomic E-state index is 12.2. The molecule has 0 unspecified atom stereocenters. The fraction of sp³-hybridized carbons (Fsp3) is 0.207. The molecule has 0 fully saturated rings. The molecule has 0 aliphatic carbocycles. The number of primary amides is 1. The third kappa shape index (κ3) is 3.54. The normalized spacial score (nSPS) is 11.5. The molecule has 1 aromatic heterocycles. The van der Waals surface area contributed by atoms with Crippen LogP contribution in [0.15, 0.2) is 72.8 Å². The van der Waals surface area contributed by atoms with E-state index in [1.807, 2.05) is 12.1 Å². The number of amides is 1. The van der Waals surface area contributed by atoms with Gasteiger partial charge in [0.25, 0.3) is 0 Å². The van der Waals surface area contributed by atoms with Crippen LogP contribution < -0.4 is 5.73 Å². The zero-order chi connectivity index (χ0) is 22.1. The zero-order valence-corrected chi connectivity index (χ0v) is 18.4. The Balaban J connectivity index is 1.73. The Labute approximate surface area is 188 Å². The summed E-state index contributed by atoms with van der Waals surface area (Å²) in [6.45, 7) is 2.94. The Bertz CT molecular complexity index is 1440. The van der Waals surface area contributed by atoms with E-state index >= 15 is 0 Å². The molecule has 0 spiro atoms. The van der Waals surface area contributed by atoms with Gasteiger partial charge in [-0.1, -0.05) is 74.4 Å². The van der Waals surface area contributed by atoms with Crippen molar-refractivity contribution in [1.29, 1.82) is 0 Å². The molecule has 4 aromatic carbocycles. The molecule has 32 heavy (non-hydrogen) atoms. The lowest BCUT2D eigenvalue weighted by molar-refractivity contribution is 0.100. The lowest BCUT2D eigenvalue weighted by Crippen LogP contribution is -2.11. The van der Waals surface area contributed by atoms with Gasteiger partial charge in [0.05, 0.1) is 11.0 Å². The van der Waals surface area contributed by atoms with Crippen LogP contribution in [0, 0.1) is 6.07 Å². The second-order valence-electron chi connectivity index (χ2n) is 8.51. The van der Waals surface area contributed by atoms with Crippen molar-refractivity contribution in [3.05, 3.63) is 95.6 Å². The highest BCUT2D eigenvalue weighted by Gasteiger charge is 2.17. The average Bonchev–Trinajstić information content (AvgIpc) is 3.12. The second kappa shape index (κ2) is 8.51. The van der Waals surface area contributed by atoms with Gasteiger partial charge in [-0.2, -0.15) is 0 Å². The number of aromatic nitrogens is 1. The summed E-state index contributed by atoms with van der Waals surface area (Å²) in [6, 6.07) is 28.6. The van der Waals surface area contributed by atoms with E-state index in [0.29, 0.717) is 5.56 Å². The summed E-state index contributed by atoms with van der Waals surface area (Å²) < 4.78 is 2.32. The van der Waals surface area contributed by atoms with Crippen molar-refractivity contribution in [2.75, 3.05) is 0 Å². The molecule has 1 amide bonds. The first-order valence-corrected chi connectivity index (χ1v) is 11.4. The Kier molecular flexibility index (Phi) is 5.40. The Hall–Kier alpha value is -3.59. The number of nitrogens with two attached hydrogens (primary N) is 1. The van der Waals surface area contributed by atoms with Crippen LogP contribution in [0.25, 0.3) is 32.6 Å². The van der Waals surface area contributed by atoms with Gasteiger partial charge in [-0.3, -0.25) is 4.79 Å². The number of aryl methyl sites for hydroxylation is 1. The van der Waals surface area contributed by atoms with Crippen LogP contribution in [0.5, 0.6) is 0 Å². The van der Waals surface area contributed by atoms with Crippen LogP contribution in [0.3, 0.4) is 0 Å². The van der Waals surface area contributed by atoms with Crippen LogP contribution in [-0.2, 0) is 13.0 Å². The van der Waals surface area contributed by atoms with E-state index in [0.717, 1.165) is 34.8 Å². The number of hydrogen-bond acceptors (Lipinski definition) is 1. The van der Waals surface area contributed by atoms with Gasteiger partial charge in [0.15, 0.2) is 0 Å². The highest BCUT2D eigenvalue weighted by atomic mass is 16.1. The largest absolute Gasteiger partial charge is 0.366 e. The molecule has 0 saturated carbocycles. The van der Waals surface area contributed by atoms with Gasteiger partial charge >= 0.3 is 0 Å². The molecule has 2 N–H and O–H groups in total. The number of hydrogen-bond donors (Lipinski definition) is 1. The lowest BCUT2D eigenvalue weighted by atomic mass is 10.0. The standard InChI is InChI=1S/C29H27N2O/c1-2-3-4-9-20-16-17-24-27(18-20)31(26-15-8-14-25(28(24)26)29(30)32)19-22-12-7-11-21-10-5-6-13-23(21)22/h5-8,10-16,18H,2-4,9,19H2,1H3,(H2,30,32). The number of carbonyl (C=O) groups excluding carboxylic acids is 1.